The summed E-state index contributed by atoms with van der Waals surface area (Å²) in [6, 6.07) is 1.93. The number of hydrogen-bond acceptors (Lipinski definition) is 6. The molecule has 0 unspecified atom stereocenters. The monoisotopic (exact) mass is 473 g/mol. The largest absolute Gasteiger partial charge is 0.490 e. The molecule has 4 rings (SSSR count). The van der Waals surface area contributed by atoms with Crippen molar-refractivity contribution in [1.29, 1.82) is 0 Å². The molecule has 0 atom stereocenters. The zero-order valence-corrected chi connectivity index (χ0v) is 18.8. The van der Waals surface area contributed by atoms with Crippen LogP contribution in [0, 0.1) is 19.3 Å². The number of thiophene rings is 1. The van der Waals surface area contributed by atoms with Crippen molar-refractivity contribution in [2.24, 2.45) is 5.41 Å². The molecule has 2 aromatic rings. The second-order valence-corrected chi connectivity index (χ2v) is 9.15. The lowest BCUT2D eigenvalue weighted by atomic mass is 9.77. The van der Waals surface area contributed by atoms with Crippen molar-refractivity contribution in [2.45, 2.75) is 45.8 Å². The summed E-state index contributed by atoms with van der Waals surface area (Å²) >= 11 is 1.59. The van der Waals surface area contributed by atoms with Crippen LogP contribution in [0.4, 0.5) is 13.2 Å². The van der Waals surface area contributed by atoms with Crippen LogP contribution in [-0.2, 0) is 11.3 Å². The topological polar surface area (TPSA) is 86.9 Å². The first-order valence-corrected chi connectivity index (χ1v) is 11.2. The number of nitrogens with zero attached hydrogens (tertiary/aromatic N) is 3. The van der Waals surface area contributed by atoms with E-state index in [1.54, 1.807) is 11.3 Å². The molecule has 2 aliphatic heterocycles. The number of aromatic nitrogens is 1. The standard InChI is InChI=1S/C19H25N3O2S.C2HF3O2/c1-14-17(15(2)24-20-14)11-21-7-4-19(5-8-21)6-9-22(13-19)18(23)16-3-10-25-12-16;3-2(4,5)1(6)7/h3,10,12H,4-9,11,13H2,1-2H3;(H,6,7). The van der Waals surface area contributed by atoms with Crippen LogP contribution in [0.25, 0.3) is 0 Å². The smallest absolute Gasteiger partial charge is 0.475 e. The van der Waals surface area contributed by atoms with Crippen LogP contribution in [0.15, 0.2) is 21.3 Å². The number of carbonyl (C=O) groups excluding carboxylic acids is 1. The fourth-order valence-electron chi connectivity index (χ4n) is 4.22. The molecule has 176 valence electrons. The van der Waals surface area contributed by atoms with Crippen molar-refractivity contribution < 1.29 is 32.4 Å². The van der Waals surface area contributed by atoms with Gasteiger partial charge in [0.2, 0.25) is 0 Å². The molecule has 4 heterocycles. The summed E-state index contributed by atoms with van der Waals surface area (Å²) in [6.07, 6.45) is -1.60. The number of carboxylic acids is 1. The van der Waals surface area contributed by atoms with Crippen LogP contribution in [0.2, 0.25) is 0 Å². The summed E-state index contributed by atoms with van der Waals surface area (Å²) in [4.78, 5) is 26.0. The Morgan fingerprint density at radius 1 is 1.22 bits per heavy atom. The number of hydrogen-bond donors (Lipinski definition) is 1. The van der Waals surface area contributed by atoms with Gasteiger partial charge in [-0.3, -0.25) is 9.69 Å². The zero-order chi connectivity index (χ0) is 23.5. The predicted molar refractivity (Wildman–Crippen MR) is 111 cm³/mol. The van der Waals surface area contributed by atoms with Gasteiger partial charge in [-0.1, -0.05) is 5.16 Å². The number of amides is 1. The first-order chi connectivity index (χ1) is 15.0. The molecule has 0 saturated carbocycles. The van der Waals surface area contributed by atoms with Gasteiger partial charge in [0, 0.05) is 30.6 Å². The van der Waals surface area contributed by atoms with Crippen LogP contribution in [0.1, 0.15) is 46.6 Å². The van der Waals surface area contributed by atoms with E-state index < -0.39 is 12.1 Å². The molecule has 0 radical (unpaired) electrons. The maximum atomic E-state index is 12.6. The minimum atomic E-state index is -5.08. The van der Waals surface area contributed by atoms with Crippen molar-refractivity contribution in [3.8, 4) is 0 Å². The number of aryl methyl sites for hydroxylation is 2. The summed E-state index contributed by atoms with van der Waals surface area (Å²) in [5.41, 5.74) is 3.40. The highest BCUT2D eigenvalue weighted by Crippen LogP contribution is 2.41. The number of halogens is 3. The van der Waals surface area contributed by atoms with E-state index in [2.05, 4.69) is 15.0 Å². The maximum absolute atomic E-state index is 12.6. The molecule has 2 fully saturated rings. The number of aliphatic carboxylic acids is 1. The number of alkyl halides is 3. The third-order valence-electron chi connectivity index (χ3n) is 6.22. The van der Waals surface area contributed by atoms with Gasteiger partial charge >= 0.3 is 12.1 Å². The van der Waals surface area contributed by atoms with E-state index in [0.29, 0.717) is 5.41 Å². The molecule has 0 aliphatic carbocycles. The highest BCUT2D eigenvalue weighted by Gasteiger charge is 2.42. The SMILES string of the molecule is Cc1noc(C)c1CN1CCC2(CC1)CCN(C(=O)c1ccsc1)C2.O=C(O)C(F)(F)F. The van der Waals surface area contributed by atoms with Gasteiger partial charge in [-0.15, -0.1) is 0 Å². The molecule has 2 aliphatic rings. The minimum Gasteiger partial charge on any atom is -0.475 e. The molecular weight excluding hydrogens is 447 g/mol. The van der Waals surface area contributed by atoms with Crippen LogP contribution in [0.3, 0.4) is 0 Å². The molecule has 11 heteroatoms. The predicted octanol–water partition coefficient (Wildman–Crippen LogP) is 4.11. The fourth-order valence-corrected chi connectivity index (χ4v) is 4.85. The highest BCUT2D eigenvalue weighted by atomic mass is 32.1. The van der Waals surface area contributed by atoms with Crippen LogP contribution < -0.4 is 0 Å². The Hall–Kier alpha value is -2.40. The van der Waals surface area contributed by atoms with Crippen LogP contribution in [0.5, 0.6) is 0 Å². The summed E-state index contributed by atoms with van der Waals surface area (Å²) in [5, 5.41) is 15.1. The first-order valence-electron chi connectivity index (χ1n) is 10.3. The summed E-state index contributed by atoms with van der Waals surface area (Å²) < 4.78 is 37.0. The second kappa shape index (κ2) is 9.62. The Morgan fingerprint density at radius 3 is 2.34 bits per heavy atom. The van der Waals surface area contributed by atoms with E-state index in [-0.39, 0.29) is 5.91 Å². The number of piperidine rings is 1. The molecule has 1 spiro atoms. The quantitative estimate of drug-likeness (QED) is 0.722. The van der Waals surface area contributed by atoms with Crippen LogP contribution in [-0.4, -0.2) is 64.3 Å². The summed E-state index contributed by atoms with van der Waals surface area (Å²) in [7, 11) is 0. The van der Waals surface area contributed by atoms with Gasteiger partial charge in [0.1, 0.15) is 5.76 Å². The van der Waals surface area contributed by atoms with E-state index >= 15 is 0 Å². The number of carbonyl (C=O) groups is 2. The molecule has 32 heavy (non-hydrogen) atoms. The third kappa shape index (κ3) is 5.69. The summed E-state index contributed by atoms with van der Waals surface area (Å²) in [6.45, 7) is 8.93. The van der Waals surface area contributed by atoms with E-state index in [1.807, 2.05) is 30.7 Å². The Morgan fingerprint density at radius 2 is 1.84 bits per heavy atom. The first kappa shape index (κ1) is 24.2. The van der Waals surface area contributed by atoms with E-state index in [1.165, 1.54) is 18.4 Å². The average Bonchev–Trinajstić information content (AvgIpc) is 3.47. The Kier molecular flexibility index (Phi) is 7.29. The van der Waals surface area contributed by atoms with Gasteiger partial charge in [-0.2, -0.15) is 24.5 Å². The molecule has 1 amide bonds. The number of carboxylic acid groups (broad SMARTS) is 1. The number of rotatable bonds is 3. The lowest BCUT2D eigenvalue weighted by Crippen LogP contribution is -2.42. The number of likely N-dealkylation sites (tertiary alicyclic amines) is 2. The van der Waals surface area contributed by atoms with Crippen molar-refractivity contribution in [3.05, 3.63) is 39.4 Å². The van der Waals surface area contributed by atoms with Crippen molar-refractivity contribution in [1.82, 2.24) is 15.0 Å². The van der Waals surface area contributed by atoms with E-state index in [0.717, 1.165) is 56.2 Å². The van der Waals surface area contributed by atoms with Gasteiger partial charge in [0.05, 0.1) is 11.3 Å². The zero-order valence-electron chi connectivity index (χ0n) is 17.9. The van der Waals surface area contributed by atoms with Gasteiger partial charge < -0.3 is 14.5 Å². The van der Waals surface area contributed by atoms with Gasteiger partial charge in [0.25, 0.3) is 5.91 Å². The fraction of sp³-hybridized carbons (Fsp3) is 0.571. The van der Waals surface area contributed by atoms with Crippen LogP contribution >= 0.6 is 11.3 Å². The molecule has 1 N–H and O–H groups in total. The Balaban J connectivity index is 0.000000360. The normalized spacial score (nSPS) is 18.5. The average molecular weight is 474 g/mol. The molecule has 2 aromatic heterocycles. The van der Waals surface area contributed by atoms with Gasteiger partial charge in [-0.25, -0.2) is 4.79 Å². The lowest BCUT2D eigenvalue weighted by Gasteiger charge is -2.39. The third-order valence-corrected chi connectivity index (χ3v) is 6.90. The highest BCUT2D eigenvalue weighted by molar-refractivity contribution is 7.08. The Bertz CT molecular complexity index is 915. The summed E-state index contributed by atoms with van der Waals surface area (Å²) in [5.74, 6) is -1.62. The van der Waals surface area contributed by atoms with E-state index in [9.17, 15) is 18.0 Å². The molecule has 0 aromatic carbocycles. The van der Waals surface area contributed by atoms with E-state index in [4.69, 9.17) is 14.4 Å². The van der Waals surface area contributed by atoms with Gasteiger partial charge in [-0.05, 0) is 63.1 Å². The molecule has 0 bridgehead atoms. The second-order valence-electron chi connectivity index (χ2n) is 8.37. The molecule has 7 nitrogen and oxygen atoms in total. The van der Waals surface area contributed by atoms with Crippen molar-refractivity contribution in [3.63, 3.8) is 0 Å². The molecule has 2 saturated heterocycles. The Labute approximate surface area is 187 Å². The minimum absolute atomic E-state index is 0.205. The molecular formula is C21H26F3N3O4S. The van der Waals surface area contributed by atoms with Crippen molar-refractivity contribution >= 4 is 23.2 Å². The lowest BCUT2D eigenvalue weighted by molar-refractivity contribution is -0.192. The van der Waals surface area contributed by atoms with Gasteiger partial charge in [0.15, 0.2) is 0 Å². The van der Waals surface area contributed by atoms with Crippen molar-refractivity contribution in [2.75, 3.05) is 26.2 Å². The maximum Gasteiger partial charge on any atom is 0.490 e.